The summed E-state index contributed by atoms with van der Waals surface area (Å²) in [6.45, 7) is 0.795. The van der Waals surface area contributed by atoms with E-state index in [1.54, 1.807) is 12.1 Å². The molecular formula is C15H15F2NO3S. The number of carbonyl (C=O) groups excluding carboxylic acids is 1. The smallest absolute Gasteiger partial charge is 0.387 e. The molecule has 0 saturated heterocycles. The Balaban J connectivity index is 2.22. The molecule has 118 valence electrons. The second-order valence-electron chi connectivity index (χ2n) is 4.53. The van der Waals surface area contributed by atoms with Gasteiger partial charge in [-0.05, 0) is 32.0 Å². The summed E-state index contributed by atoms with van der Waals surface area (Å²) < 4.78 is 34.1. The van der Waals surface area contributed by atoms with Crippen molar-refractivity contribution in [2.75, 3.05) is 12.4 Å². The molecule has 4 nitrogen and oxygen atoms in total. The number of anilines is 1. The summed E-state index contributed by atoms with van der Waals surface area (Å²) >= 11 is 1.52. The standard InChI is InChI=1S/C15H15F2NO3S/c1-8-6-11(9(2)22-8)14(19)18-10-4-5-12(20-3)13(7-10)21-15(16)17/h4-7,15H,1-3H3,(H,18,19). The second-order valence-corrected chi connectivity index (χ2v) is 5.99. The molecule has 1 heterocycles. The number of amides is 1. The normalized spacial score (nSPS) is 10.6. The topological polar surface area (TPSA) is 47.6 Å². The predicted octanol–water partition coefficient (Wildman–Crippen LogP) is 4.23. The number of thiophene rings is 1. The van der Waals surface area contributed by atoms with E-state index in [9.17, 15) is 13.6 Å². The molecule has 2 aromatic rings. The molecule has 1 aromatic heterocycles. The third kappa shape index (κ3) is 3.73. The zero-order valence-electron chi connectivity index (χ0n) is 12.3. The number of hydrogen-bond acceptors (Lipinski definition) is 4. The van der Waals surface area contributed by atoms with Gasteiger partial charge >= 0.3 is 6.61 Å². The number of alkyl halides is 2. The number of benzene rings is 1. The zero-order chi connectivity index (χ0) is 16.3. The van der Waals surface area contributed by atoms with Crippen molar-refractivity contribution in [3.05, 3.63) is 39.6 Å². The molecule has 2 rings (SSSR count). The highest BCUT2D eigenvalue weighted by Crippen LogP contribution is 2.32. The summed E-state index contributed by atoms with van der Waals surface area (Å²) in [5.74, 6) is -0.260. The van der Waals surface area contributed by atoms with Crippen LogP contribution in [0.1, 0.15) is 20.1 Å². The first-order valence-electron chi connectivity index (χ1n) is 6.42. The molecule has 0 atom stereocenters. The molecule has 7 heteroatoms. The van der Waals surface area contributed by atoms with Crippen molar-refractivity contribution in [2.45, 2.75) is 20.5 Å². The fraction of sp³-hybridized carbons (Fsp3) is 0.267. The van der Waals surface area contributed by atoms with Crippen LogP contribution in [0.4, 0.5) is 14.5 Å². The van der Waals surface area contributed by atoms with E-state index in [0.29, 0.717) is 11.3 Å². The van der Waals surface area contributed by atoms with Crippen LogP contribution in [0.3, 0.4) is 0 Å². The van der Waals surface area contributed by atoms with E-state index in [0.717, 1.165) is 9.75 Å². The summed E-state index contributed by atoms with van der Waals surface area (Å²) in [4.78, 5) is 14.1. The van der Waals surface area contributed by atoms with Gasteiger partial charge in [0.1, 0.15) is 0 Å². The maximum absolute atomic E-state index is 12.4. The molecule has 0 radical (unpaired) electrons. The van der Waals surface area contributed by atoms with Crippen LogP contribution in [0.15, 0.2) is 24.3 Å². The lowest BCUT2D eigenvalue weighted by molar-refractivity contribution is -0.0511. The van der Waals surface area contributed by atoms with Crippen molar-refractivity contribution >= 4 is 22.9 Å². The number of methoxy groups -OCH3 is 1. The lowest BCUT2D eigenvalue weighted by Gasteiger charge is -2.12. The Morgan fingerprint density at radius 2 is 1.95 bits per heavy atom. The number of nitrogens with one attached hydrogen (secondary N) is 1. The SMILES string of the molecule is COc1ccc(NC(=O)c2cc(C)sc2C)cc1OC(F)F. The molecule has 1 aromatic carbocycles. The fourth-order valence-electron chi connectivity index (χ4n) is 2.00. The number of halogens is 2. The van der Waals surface area contributed by atoms with E-state index in [4.69, 9.17) is 4.74 Å². The maximum Gasteiger partial charge on any atom is 0.387 e. The van der Waals surface area contributed by atoms with E-state index >= 15 is 0 Å². The van der Waals surface area contributed by atoms with Crippen LogP contribution < -0.4 is 14.8 Å². The van der Waals surface area contributed by atoms with Crippen LogP contribution in [0.25, 0.3) is 0 Å². The van der Waals surface area contributed by atoms with Gasteiger partial charge in [-0.2, -0.15) is 8.78 Å². The third-order valence-corrected chi connectivity index (χ3v) is 3.89. The van der Waals surface area contributed by atoms with Crippen LogP contribution in [0.5, 0.6) is 11.5 Å². The second kappa shape index (κ2) is 6.74. The number of hydrogen-bond donors (Lipinski definition) is 1. The highest BCUT2D eigenvalue weighted by Gasteiger charge is 2.15. The van der Waals surface area contributed by atoms with Crippen molar-refractivity contribution < 1.29 is 23.0 Å². The molecule has 0 aliphatic carbocycles. The summed E-state index contributed by atoms with van der Waals surface area (Å²) in [7, 11) is 1.35. The predicted molar refractivity (Wildman–Crippen MR) is 81.4 cm³/mol. The Labute approximate surface area is 130 Å². The summed E-state index contributed by atoms with van der Waals surface area (Å²) in [5.41, 5.74) is 0.916. The minimum atomic E-state index is -2.97. The molecule has 0 unspecified atom stereocenters. The van der Waals surface area contributed by atoms with Crippen molar-refractivity contribution in [1.82, 2.24) is 0 Å². The van der Waals surface area contributed by atoms with Gasteiger partial charge in [-0.15, -0.1) is 11.3 Å². The van der Waals surface area contributed by atoms with Gasteiger partial charge in [0.05, 0.1) is 12.7 Å². The number of ether oxygens (including phenoxy) is 2. The van der Waals surface area contributed by atoms with Crippen molar-refractivity contribution in [1.29, 1.82) is 0 Å². The quantitative estimate of drug-likeness (QED) is 0.894. The van der Waals surface area contributed by atoms with Crippen LogP contribution in [-0.2, 0) is 0 Å². The average molecular weight is 327 g/mol. The Morgan fingerprint density at radius 3 is 2.50 bits per heavy atom. The van der Waals surface area contributed by atoms with E-state index in [2.05, 4.69) is 10.1 Å². The molecule has 0 aliphatic heterocycles. The zero-order valence-corrected chi connectivity index (χ0v) is 13.1. The average Bonchev–Trinajstić information content (AvgIpc) is 2.77. The van der Waals surface area contributed by atoms with Crippen LogP contribution in [0.2, 0.25) is 0 Å². The molecule has 1 amide bonds. The first-order valence-corrected chi connectivity index (χ1v) is 7.23. The largest absolute Gasteiger partial charge is 0.493 e. The van der Waals surface area contributed by atoms with Crippen LogP contribution in [-0.4, -0.2) is 19.6 Å². The molecule has 0 bridgehead atoms. The lowest BCUT2D eigenvalue weighted by Crippen LogP contribution is -2.12. The fourth-order valence-corrected chi connectivity index (χ4v) is 2.92. The van der Waals surface area contributed by atoms with Crippen LogP contribution >= 0.6 is 11.3 Å². The van der Waals surface area contributed by atoms with Crippen molar-refractivity contribution in [3.8, 4) is 11.5 Å². The van der Waals surface area contributed by atoms with E-state index in [1.807, 2.05) is 13.8 Å². The Hall–Kier alpha value is -2.15. The molecule has 0 fully saturated rings. The minimum absolute atomic E-state index is 0.131. The summed E-state index contributed by atoms with van der Waals surface area (Å²) in [6, 6.07) is 6.11. The molecule has 0 aliphatic rings. The highest BCUT2D eigenvalue weighted by atomic mass is 32.1. The molecule has 0 saturated carbocycles. The lowest BCUT2D eigenvalue weighted by atomic mass is 10.2. The van der Waals surface area contributed by atoms with E-state index in [-0.39, 0.29) is 17.4 Å². The van der Waals surface area contributed by atoms with Crippen molar-refractivity contribution in [2.24, 2.45) is 0 Å². The van der Waals surface area contributed by atoms with Gasteiger partial charge in [-0.1, -0.05) is 0 Å². The van der Waals surface area contributed by atoms with Gasteiger partial charge in [0.25, 0.3) is 5.91 Å². The summed E-state index contributed by atoms with van der Waals surface area (Å²) in [6.07, 6.45) is 0. The molecule has 0 spiro atoms. The van der Waals surface area contributed by atoms with Crippen molar-refractivity contribution in [3.63, 3.8) is 0 Å². The monoisotopic (exact) mass is 327 g/mol. The Morgan fingerprint density at radius 1 is 1.23 bits per heavy atom. The maximum atomic E-state index is 12.4. The number of rotatable bonds is 5. The van der Waals surface area contributed by atoms with Gasteiger partial charge < -0.3 is 14.8 Å². The van der Waals surface area contributed by atoms with E-state index in [1.165, 1.54) is 30.6 Å². The first kappa shape index (κ1) is 16.2. The summed E-state index contributed by atoms with van der Waals surface area (Å²) in [5, 5.41) is 2.66. The van der Waals surface area contributed by atoms with E-state index < -0.39 is 6.61 Å². The highest BCUT2D eigenvalue weighted by molar-refractivity contribution is 7.12. The van der Waals surface area contributed by atoms with Gasteiger partial charge in [0.15, 0.2) is 11.5 Å². The number of aryl methyl sites for hydroxylation is 2. The molecule has 1 N–H and O–H groups in total. The molecular weight excluding hydrogens is 312 g/mol. The van der Waals surface area contributed by atoms with Gasteiger partial charge in [0, 0.05) is 21.5 Å². The first-order chi connectivity index (χ1) is 10.4. The van der Waals surface area contributed by atoms with Gasteiger partial charge in [-0.25, -0.2) is 0 Å². The Kier molecular flexibility index (Phi) is 4.97. The minimum Gasteiger partial charge on any atom is -0.493 e. The van der Waals surface area contributed by atoms with Gasteiger partial charge in [-0.3, -0.25) is 4.79 Å². The van der Waals surface area contributed by atoms with Crippen LogP contribution in [0, 0.1) is 13.8 Å². The van der Waals surface area contributed by atoms with Gasteiger partial charge in [0.2, 0.25) is 0 Å². The number of carbonyl (C=O) groups is 1. The molecule has 22 heavy (non-hydrogen) atoms. The Bertz CT molecular complexity index is 685. The third-order valence-electron chi connectivity index (χ3n) is 2.92.